The molecule has 1 saturated carbocycles. The first-order valence-electron chi connectivity index (χ1n) is 11.0. The maximum Gasteiger partial charge on any atom is 0.245 e. The van der Waals surface area contributed by atoms with E-state index in [4.69, 9.17) is 16.3 Å². The van der Waals surface area contributed by atoms with Crippen LogP contribution in [-0.2, 0) is 4.79 Å². The molecule has 184 valence electrons. The molecule has 0 radical (unpaired) electrons. The van der Waals surface area contributed by atoms with Gasteiger partial charge in [0.25, 0.3) is 0 Å². The summed E-state index contributed by atoms with van der Waals surface area (Å²) in [6, 6.07) is 3.52. The highest BCUT2D eigenvalue weighted by molar-refractivity contribution is 5.99. The first kappa shape index (κ1) is 26.3. The minimum Gasteiger partial charge on any atom is -0.489 e. The summed E-state index contributed by atoms with van der Waals surface area (Å²) in [5.74, 6) is 2.74. The van der Waals surface area contributed by atoms with Gasteiger partial charge in [0, 0.05) is 19.9 Å². The van der Waals surface area contributed by atoms with E-state index < -0.39 is 24.7 Å². The molecule has 0 saturated heterocycles. The number of aromatic nitrogens is 1. The molecule has 11 heteroatoms. The van der Waals surface area contributed by atoms with E-state index in [-0.39, 0.29) is 24.1 Å². The molecule has 1 fully saturated rings. The normalized spacial score (nSPS) is 16.2. The van der Waals surface area contributed by atoms with Crippen molar-refractivity contribution in [2.24, 2.45) is 16.7 Å². The smallest absolute Gasteiger partial charge is 0.245 e. The van der Waals surface area contributed by atoms with Crippen LogP contribution in [0.2, 0.25) is 0 Å². The van der Waals surface area contributed by atoms with Gasteiger partial charge in [-0.15, -0.1) is 0 Å². The number of nitrogens with two attached hydrogens (primary N) is 2. The SMILES string of the molecule is Cc1nc(/C(N)=C(\C/C(=N/O)NC(=O)CCC(C)(F)F)N(C)N)ccc1OC1CCCCC1. The number of hydrazine groups is 1. The number of amidine groups is 1. The van der Waals surface area contributed by atoms with Crippen LogP contribution in [0, 0.1) is 6.92 Å². The molecule has 1 amide bonds. The van der Waals surface area contributed by atoms with Crippen molar-refractivity contribution in [3.05, 3.63) is 29.2 Å². The number of ether oxygens (including phenoxy) is 1. The van der Waals surface area contributed by atoms with Gasteiger partial charge >= 0.3 is 0 Å². The van der Waals surface area contributed by atoms with Gasteiger partial charge in [0.2, 0.25) is 11.8 Å². The van der Waals surface area contributed by atoms with Crippen LogP contribution in [0.4, 0.5) is 8.78 Å². The number of aryl methyl sites for hydroxylation is 1. The Balaban J connectivity index is 2.14. The molecule has 0 bridgehead atoms. The van der Waals surface area contributed by atoms with Crippen LogP contribution < -0.4 is 21.6 Å². The average molecular weight is 469 g/mol. The van der Waals surface area contributed by atoms with Gasteiger partial charge in [0.05, 0.1) is 35.3 Å². The van der Waals surface area contributed by atoms with Crippen molar-refractivity contribution in [3.8, 4) is 5.75 Å². The van der Waals surface area contributed by atoms with Crippen molar-refractivity contribution in [2.45, 2.75) is 77.2 Å². The molecule has 33 heavy (non-hydrogen) atoms. The lowest BCUT2D eigenvalue weighted by molar-refractivity contribution is -0.121. The number of pyridine rings is 1. The lowest BCUT2D eigenvalue weighted by Crippen LogP contribution is -2.36. The molecule has 0 spiro atoms. The zero-order chi connectivity index (χ0) is 24.6. The first-order valence-corrected chi connectivity index (χ1v) is 11.0. The molecule has 6 N–H and O–H groups in total. The van der Waals surface area contributed by atoms with Crippen molar-refractivity contribution in [2.75, 3.05) is 7.05 Å². The molecular weight excluding hydrogens is 434 g/mol. The number of hydrogen-bond donors (Lipinski definition) is 4. The maximum atomic E-state index is 13.0. The van der Waals surface area contributed by atoms with Crippen molar-refractivity contribution in [1.29, 1.82) is 0 Å². The third-order valence-electron chi connectivity index (χ3n) is 5.43. The number of halogens is 2. The largest absolute Gasteiger partial charge is 0.489 e. The minimum absolute atomic E-state index is 0.148. The molecular formula is C22H34F2N6O3. The van der Waals surface area contributed by atoms with Crippen LogP contribution >= 0.6 is 0 Å². The summed E-state index contributed by atoms with van der Waals surface area (Å²) >= 11 is 0. The van der Waals surface area contributed by atoms with E-state index in [1.807, 2.05) is 6.92 Å². The van der Waals surface area contributed by atoms with Gasteiger partial charge in [-0.2, -0.15) is 0 Å². The fourth-order valence-corrected chi connectivity index (χ4v) is 3.56. The summed E-state index contributed by atoms with van der Waals surface area (Å²) in [7, 11) is 1.53. The predicted molar refractivity (Wildman–Crippen MR) is 121 cm³/mol. The van der Waals surface area contributed by atoms with Crippen LogP contribution in [0.15, 0.2) is 23.0 Å². The van der Waals surface area contributed by atoms with Gasteiger partial charge in [-0.05, 0) is 51.7 Å². The number of nitrogens with one attached hydrogen (secondary N) is 1. The van der Waals surface area contributed by atoms with Gasteiger partial charge in [0.15, 0.2) is 5.84 Å². The zero-order valence-corrected chi connectivity index (χ0v) is 19.4. The zero-order valence-electron chi connectivity index (χ0n) is 19.4. The number of amides is 1. The van der Waals surface area contributed by atoms with Crippen LogP contribution in [-0.4, -0.2) is 46.0 Å². The standard InChI is InChI=1S/C22H34F2N6O3/c1-14-18(33-15-7-5-4-6-8-15)10-9-16(27-14)21(25)17(30(3)26)13-19(29-32)28-20(31)11-12-22(2,23)24/h9-10,15,32H,4-8,11-13,25-26H2,1-3H3,(H,28,29,31)/b21-17-. The van der Waals surface area contributed by atoms with Crippen LogP contribution in [0.3, 0.4) is 0 Å². The maximum absolute atomic E-state index is 13.0. The number of rotatable bonds is 9. The molecule has 1 aliphatic carbocycles. The summed E-state index contributed by atoms with van der Waals surface area (Å²) in [5, 5.41) is 15.9. The highest BCUT2D eigenvalue weighted by Crippen LogP contribution is 2.26. The Kier molecular flexibility index (Phi) is 9.39. The molecule has 0 aliphatic heterocycles. The Hall–Kier alpha value is -2.95. The summed E-state index contributed by atoms with van der Waals surface area (Å²) in [6.07, 6.45) is 4.57. The van der Waals surface area contributed by atoms with Gasteiger partial charge in [-0.3, -0.25) is 4.79 Å². The quantitative estimate of drug-likeness (QED) is 0.143. The highest BCUT2D eigenvalue weighted by Gasteiger charge is 2.23. The van der Waals surface area contributed by atoms with Gasteiger partial charge in [0.1, 0.15) is 5.75 Å². The van der Waals surface area contributed by atoms with Gasteiger partial charge in [-0.1, -0.05) is 11.6 Å². The summed E-state index contributed by atoms with van der Waals surface area (Å²) < 4.78 is 32.1. The second-order valence-corrected chi connectivity index (χ2v) is 8.47. The Labute approximate surface area is 192 Å². The predicted octanol–water partition coefficient (Wildman–Crippen LogP) is 3.26. The molecule has 1 aromatic heterocycles. The summed E-state index contributed by atoms with van der Waals surface area (Å²) in [4.78, 5) is 16.5. The third-order valence-corrected chi connectivity index (χ3v) is 5.43. The molecule has 2 rings (SSSR count). The highest BCUT2D eigenvalue weighted by atomic mass is 19.3. The van der Waals surface area contributed by atoms with Crippen molar-refractivity contribution in [3.63, 3.8) is 0 Å². The lowest BCUT2D eigenvalue weighted by atomic mass is 9.98. The van der Waals surface area contributed by atoms with E-state index in [9.17, 15) is 18.8 Å². The van der Waals surface area contributed by atoms with Gasteiger partial charge < -0.3 is 26.0 Å². The Morgan fingerprint density at radius 3 is 2.58 bits per heavy atom. The van der Waals surface area contributed by atoms with Crippen molar-refractivity contribution in [1.82, 2.24) is 15.3 Å². The molecule has 1 aliphatic rings. The molecule has 9 nitrogen and oxygen atoms in total. The van der Waals surface area contributed by atoms with Crippen molar-refractivity contribution >= 4 is 17.4 Å². The Morgan fingerprint density at radius 1 is 1.36 bits per heavy atom. The number of nitrogens with zero attached hydrogens (tertiary/aromatic N) is 3. The van der Waals surface area contributed by atoms with E-state index in [0.29, 0.717) is 22.8 Å². The number of oxime groups is 1. The topological polar surface area (TPSA) is 139 Å². The molecule has 0 unspecified atom stereocenters. The third kappa shape index (κ3) is 8.49. The Bertz CT molecular complexity index is 877. The fourth-order valence-electron chi connectivity index (χ4n) is 3.56. The van der Waals surface area contributed by atoms with Crippen molar-refractivity contribution < 1.29 is 23.5 Å². The van der Waals surface area contributed by atoms with E-state index in [0.717, 1.165) is 32.6 Å². The lowest BCUT2D eigenvalue weighted by Gasteiger charge is -2.24. The number of alkyl halides is 2. The average Bonchev–Trinajstić information content (AvgIpc) is 2.76. The number of carbonyl (C=O) groups is 1. The molecule has 1 heterocycles. The summed E-state index contributed by atoms with van der Waals surface area (Å²) in [5.41, 5.74) is 7.93. The fraction of sp³-hybridized carbons (Fsp3) is 0.591. The van der Waals surface area contributed by atoms with E-state index in [1.54, 1.807) is 12.1 Å². The van der Waals surface area contributed by atoms with Crippen LogP contribution in [0.1, 0.15) is 69.7 Å². The summed E-state index contributed by atoms with van der Waals surface area (Å²) in [6.45, 7) is 2.55. The van der Waals surface area contributed by atoms with Crippen LogP contribution in [0.25, 0.3) is 5.70 Å². The molecule has 0 atom stereocenters. The molecule has 1 aromatic rings. The first-order chi connectivity index (χ1) is 15.5. The minimum atomic E-state index is -2.97. The Morgan fingerprint density at radius 2 is 2.03 bits per heavy atom. The van der Waals surface area contributed by atoms with E-state index in [2.05, 4.69) is 15.5 Å². The van der Waals surface area contributed by atoms with E-state index in [1.165, 1.54) is 18.5 Å². The molecule has 0 aromatic carbocycles. The monoisotopic (exact) mass is 468 g/mol. The van der Waals surface area contributed by atoms with Gasteiger partial charge in [-0.25, -0.2) is 19.6 Å². The second kappa shape index (κ2) is 11.8. The van der Waals surface area contributed by atoms with Crippen LogP contribution in [0.5, 0.6) is 5.75 Å². The second-order valence-electron chi connectivity index (χ2n) is 8.47. The van der Waals surface area contributed by atoms with E-state index >= 15 is 0 Å². The number of carbonyl (C=O) groups excluding carboxylic acids is 1. The number of hydrogen-bond acceptors (Lipinski definition) is 8.